The molecule has 1 fully saturated rings. The molecule has 1 saturated carbocycles. The summed E-state index contributed by atoms with van der Waals surface area (Å²) in [6.07, 6.45) is 1.82. The number of hydrogen-bond donors (Lipinski definition) is 2. The maximum atomic E-state index is 12.3. The summed E-state index contributed by atoms with van der Waals surface area (Å²) in [5.41, 5.74) is 8.89. The van der Waals surface area contributed by atoms with Crippen molar-refractivity contribution < 1.29 is 4.79 Å². The fraction of sp³-hybridized carbons (Fsp3) is 0.375. The molecule has 116 valence electrons. The van der Waals surface area contributed by atoms with Crippen LogP contribution in [0.2, 0.25) is 0 Å². The molecule has 0 radical (unpaired) electrons. The molecule has 22 heavy (non-hydrogen) atoms. The lowest BCUT2D eigenvalue weighted by atomic mass is 10.1. The third-order valence-electron chi connectivity index (χ3n) is 4.48. The minimum atomic E-state index is -0.0496. The van der Waals surface area contributed by atoms with E-state index in [1.54, 1.807) is 0 Å². The molecule has 2 aliphatic rings. The summed E-state index contributed by atoms with van der Waals surface area (Å²) >= 11 is 1.51. The highest BCUT2D eigenvalue weighted by Crippen LogP contribution is 2.56. The quantitative estimate of drug-likeness (QED) is 0.899. The number of nitrogens with two attached hydrogens (primary N) is 1. The number of benzene rings is 1. The maximum Gasteiger partial charge on any atom is 0.271 e. The SMILES string of the molecule is Cl.NCCc1nc(C(=O)NC2C3Cc4ccccc4C32)cs1. The Morgan fingerprint density at radius 2 is 2.23 bits per heavy atom. The van der Waals surface area contributed by atoms with Crippen molar-refractivity contribution in [1.29, 1.82) is 0 Å². The second kappa shape index (κ2) is 5.99. The van der Waals surface area contributed by atoms with Gasteiger partial charge in [0, 0.05) is 23.8 Å². The topological polar surface area (TPSA) is 68.0 Å². The average molecular weight is 336 g/mol. The van der Waals surface area contributed by atoms with Crippen LogP contribution in [0.5, 0.6) is 0 Å². The molecular weight excluding hydrogens is 318 g/mol. The van der Waals surface area contributed by atoms with Crippen LogP contribution in [0.4, 0.5) is 0 Å². The van der Waals surface area contributed by atoms with Crippen LogP contribution in [-0.2, 0) is 12.8 Å². The Morgan fingerprint density at radius 3 is 3.05 bits per heavy atom. The number of fused-ring (bicyclic) bond motifs is 3. The Kier molecular flexibility index (Phi) is 4.21. The van der Waals surface area contributed by atoms with Crippen molar-refractivity contribution >= 4 is 29.7 Å². The summed E-state index contributed by atoms with van der Waals surface area (Å²) in [7, 11) is 0. The van der Waals surface area contributed by atoms with Crippen LogP contribution in [0.3, 0.4) is 0 Å². The zero-order valence-electron chi connectivity index (χ0n) is 12.0. The second-order valence-electron chi connectivity index (χ2n) is 5.76. The first-order valence-electron chi connectivity index (χ1n) is 7.31. The van der Waals surface area contributed by atoms with E-state index in [0.717, 1.165) is 17.8 Å². The van der Waals surface area contributed by atoms with Crippen molar-refractivity contribution in [2.75, 3.05) is 6.54 Å². The molecule has 1 heterocycles. The molecule has 3 unspecified atom stereocenters. The molecule has 0 bridgehead atoms. The highest BCUT2D eigenvalue weighted by atomic mass is 35.5. The van der Waals surface area contributed by atoms with Gasteiger partial charge in [0.2, 0.25) is 0 Å². The predicted octanol–water partition coefficient (Wildman–Crippen LogP) is 2.13. The largest absolute Gasteiger partial charge is 0.347 e. The van der Waals surface area contributed by atoms with Crippen molar-refractivity contribution in [3.8, 4) is 0 Å². The highest BCUT2D eigenvalue weighted by Gasteiger charge is 2.56. The van der Waals surface area contributed by atoms with Gasteiger partial charge in [-0.25, -0.2) is 4.98 Å². The lowest BCUT2D eigenvalue weighted by molar-refractivity contribution is 0.0943. The van der Waals surface area contributed by atoms with Crippen LogP contribution in [0.15, 0.2) is 29.6 Å². The van der Waals surface area contributed by atoms with Crippen molar-refractivity contribution in [1.82, 2.24) is 10.3 Å². The lowest BCUT2D eigenvalue weighted by Gasteiger charge is -2.08. The van der Waals surface area contributed by atoms with Gasteiger partial charge in [-0.15, -0.1) is 23.7 Å². The average Bonchev–Trinajstić information content (AvgIpc) is 2.89. The Morgan fingerprint density at radius 1 is 1.41 bits per heavy atom. The molecule has 0 aliphatic heterocycles. The molecule has 1 aromatic carbocycles. The van der Waals surface area contributed by atoms with Gasteiger partial charge in [-0.3, -0.25) is 4.79 Å². The summed E-state index contributed by atoms with van der Waals surface area (Å²) in [6, 6.07) is 8.84. The Bertz CT molecular complexity index is 702. The van der Waals surface area contributed by atoms with E-state index in [-0.39, 0.29) is 24.4 Å². The van der Waals surface area contributed by atoms with E-state index in [0.29, 0.717) is 24.1 Å². The van der Waals surface area contributed by atoms with Gasteiger partial charge in [0.1, 0.15) is 5.69 Å². The van der Waals surface area contributed by atoms with E-state index in [1.807, 2.05) is 5.38 Å². The van der Waals surface area contributed by atoms with Gasteiger partial charge < -0.3 is 11.1 Å². The van der Waals surface area contributed by atoms with Crippen LogP contribution in [-0.4, -0.2) is 23.5 Å². The first-order valence-corrected chi connectivity index (χ1v) is 8.19. The van der Waals surface area contributed by atoms with Gasteiger partial charge in [-0.2, -0.15) is 0 Å². The molecule has 3 atom stereocenters. The van der Waals surface area contributed by atoms with Crippen LogP contribution in [0, 0.1) is 5.92 Å². The van der Waals surface area contributed by atoms with Gasteiger partial charge in [-0.05, 0) is 30.0 Å². The summed E-state index contributed by atoms with van der Waals surface area (Å²) in [5.74, 6) is 1.03. The number of carbonyl (C=O) groups is 1. The van der Waals surface area contributed by atoms with E-state index in [4.69, 9.17) is 5.73 Å². The number of nitrogens with one attached hydrogen (secondary N) is 1. The monoisotopic (exact) mass is 335 g/mol. The van der Waals surface area contributed by atoms with Crippen molar-refractivity contribution in [2.45, 2.75) is 24.8 Å². The number of halogens is 1. The molecule has 3 N–H and O–H groups in total. The Labute approximate surface area is 139 Å². The standard InChI is InChI=1S/C16H17N3OS.ClH/c17-6-5-13-18-12(8-21-13)16(20)19-15-11-7-9-3-1-2-4-10(9)14(11)15;/h1-4,8,11,14-15H,5-7,17H2,(H,19,20);1H. The van der Waals surface area contributed by atoms with Crippen LogP contribution < -0.4 is 11.1 Å². The summed E-state index contributed by atoms with van der Waals surface area (Å²) in [5, 5.41) is 5.90. The van der Waals surface area contributed by atoms with Gasteiger partial charge in [-0.1, -0.05) is 24.3 Å². The maximum absolute atomic E-state index is 12.3. The molecule has 1 aromatic heterocycles. The van der Waals surface area contributed by atoms with E-state index >= 15 is 0 Å². The zero-order valence-corrected chi connectivity index (χ0v) is 13.6. The Balaban J connectivity index is 0.00000144. The van der Waals surface area contributed by atoms with Gasteiger partial charge in [0.25, 0.3) is 5.91 Å². The summed E-state index contributed by atoms with van der Waals surface area (Å²) in [4.78, 5) is 16.6. The smallest absolute Gasteiger partial charge is 0.271 e. The van der Waals surface area contributed by atoms with Crippen LogP contribution >= 0.6 is 23.7 Å². The molecule has 2 aromatic rings. The second-order valence-corrected chi connectivity index (χ2v) is 6.70. The lowest BCUT2D eigenvalue weighted by Crippen LogP contribution is -2.29. The Hall–Kier alpha value is -1.43. The minimum Gasteiger partial charge on any atom is -0.347 e. The molecule has 6 heteroatoms. The minimum absolute atomic E-state index is 0. The molecule has 0 spiro atoms. The molecular formula is C16H18ClN3OS. The summed E-state index contributed by atoms with van der Waals surface area (Å²) < 4.78 is 0. The third-order valence-corrected chi connectivity index (χ3v) is 5.39. The van der Waals surface area contributed by atoms with Crippen molar-refractivity contribution in [3.63, 3.8) is 0 Å². The van der Waals surface area contributed by atoms with Gasteiger partial charge >= 0.3 is 0 Å². The summed E-state index contributed by atoms with van der Waals surface area (Å²) in [6.45, 7) is 0.568. The van der Waals surface area contributed by atoms with Crippen molar-refractivity contribution in [2.24, 2.45) is 11.7 Å². The van der Waals surface area contributed by atoms with Gasteiger partial charge in [0.15, 0.2) is 0 Å². The van der Waals surface area contributed by atoms with Crippen LogP contribution in [0.25, 0.3) is 0 Å². The fourth-order valence-corrected chi connectivity index (χ4v) is 4.22. The number of nitrogens with zero attached hydrogens (tertiary/aromatic N) is 1. The highest BCUT2D eigenvalue weighted by molar-refractivity contribution is 7.09. The van der Waals surface area contributed by atoms with E-state index in [2.05, 4.69) is 34.6 Å². The number of aromatic nitrogens is 1. The number of amides is 1. The number of thiazole rings is 1. The van der Waals surface area contributed by atoms with Crippen molar-refractivity contribution in [3.05, 3.63) is 51.5 Å². The number of carbonyl (C=O) groups excluding carboxylic acids is 1. The van der Waals surface area contributed by atoms with E-state index in [1.165, 1.54) is 22.5 Å². The molecule has 1 amide bonds. The first kappa shape index (κ1) is 15.5. The molecule has 4 rings (SSSR count). The number of rotatable bonds is 4. The zero-order chi connectivity index (χ0) is 14.4. The molecule has 0 saturated heterocycles. The predicted molar refractivity (Wildman–Crippen MR) is 89.8 cm³/mol. The van der Waals surface area contributed by atoms with E-state index in [9.17, 15) is 4.79 Å². The molecule has 2 aliphatic carbocycles. The normalized spacial score (nSPS) is 24.1. The first-order chi connectivity index (χ1) is 10.3. The third kappa shape index (κ3) is 2.53. The van der Waals surface area contributed by atoms with E-state index < -0.39 is 0 Å². The fourth-order valence-electron chi connectivity index (χ4n) is 3.43. The molecule has 4 nitrogen and oxygen atoms in total. The van der Waals surface area contributed by atoms with Gasteiger partial charge in [0.05, 0.1) is 5.01 Å². The number of hydrogen-bond acceptors (Lipinski definition) is 4. The van der Waals surface area contributed by atoms with Crippen LogP contribution in [0.1, 0.15) is 32.5 Å².